The predicted molar refractivity (Wildman–Crippen MR) is 98.7 cm³/mol. The van der Waals surface area contributed by atoms with Gasteiger partial charge in [-0.1, -0.05) is 22.0 Å². The molecular weight excluding hydrogens is 366 g/mol. The van der Waals surface area contributed by atoms with Crippen LogP contribution in [-0.2, 0) is 0 Å². The van der Waals surface area contributed by atoms with E-state index in [-0.39, 0.29) is 5.91 Å². The third-order valence-electron chi connectivity index (χ3n) is 4.41. The van der Waals surface area contributed by atoms with Crippen molar-refractivity contribution in [3.05, 3.63) is 70.6 Å². The summed E-state index contributed by atoms with van der Waals surface area (Å²) >= 11 is 3.54. The van der Waals surface area contributed by atoms with Gasteiger partial charge in [0.1, 0.15) is 0 Å². The Bertz CT molecular complexity index is 930. The molecule has 0 saturated heterocycles. The summed E-state index contributed by atoms with van der Waals surface area (Å²) in [6.07, 6.45) is 8.39. The maximum absolute atomic E-state index is 12.5. The van der Waals surface area contributed by atoms with E-state index in [2.05, 4.69) is 50.3 Å². The van der Waals surface area contributed by atoms with Gasteiger partial charge < -0.3 is 9.88 Å². The highest BCUT2D eigenvalue weighted by molar-refractivity contribution is 9.10. The number of hydrogen-bond donors (Lipinski definition) is 1. The first-order valence-electron chi connectivity index (χ1n) is 7.88. The molecule has 1 aromatic carbocycles. The second-order valence-electron chi connectivity index (χ2n) is 5.86. The Hall–Kier alpha value is -2.40. The molecule has 1 amide bonds. The molecule has 4 rings (SSSR count). The molecule has 0 spiro atoms. The van der Waals surface area contributed by atoms with Gasteiger partial charge in [0.05, 0.1) is 0 Å². The van der Waals surface area contributed by atoms with Crippen LogP contribution in [0.3, 0.4) is 0 Å². The van der Waals surface area contributed by atoms with Crippen molar-refractivity contribution < 1.29 is 4.79 Å². The summed E-state index contributed by atoms with van der Waals surface area (Å²) < 4.78 is 1.07. The number of hydrogen-bond acceptors (Lipinski definition) is 2. The second-order valence-corrected chi connectivity index (χ2v) is 6.77. The number of halogens is 1. The van der Waals surface area contributed by atoms with Crippen LogP contribution in [0.5, 0.6) is 0 Å². The molecule has 0 aliphatic carbocycles. The molecule has 24 heavy (non-hydrogen) atoms. The molecule has 3 aromatic rings. The van der Waals surface area contributed by atoms with E-state index in [1.807, 2.05) is 11.0 Å². The van der Waals surface area contributed by atoms with Crippen LogP contribution < -0.4 is 0 Å². The number of rotatable bonds is 2. The highest BCUT2D eigenvalue weighted by Gasteiger charge is 2.20. The molecule has 1 aliphatic heterocycles. The molecule has 1 aliphatic rings. The van der Waals surface area contributed by atoms with Crippen molar-refractivity contribution in [2.75, 3.05) is 13.1 Å². The molecule has 4 nitrogen and oxygen atoms in total. The largest absolute Gasteiger partial charge is 0.361 e. The van der Waals surface area contributed by atoms with E-state index in [9.17, 15) is 4.79 Å². The Morgan fingerprint density at radius 1 is 1.21 bits per heavy atom. The molecule has 5 heteroatoms. The molecule has 0 bridgehead atoms. The molecular formula is C19H16BrN3O. The van der Waals surface area contributed by atoms with Gasteiger partial charge in [-0.3, -0.25) is 9.78 Å². The summed E-state index contributed by atoms with van der Waals surface area (Å²) in [6, 6.07) is 9.77. The first-order valence-corrected chi connectivity index (χ1v) is 8.67. The maximum Gasteiger partial charge on any atom is 0.254 e. The van der Waals surface area contributed by atoms with Crippen molar-refractivity contribution in [3.63, 3.8) is 0 Å². The molecule has 0 saturated carbocycles. The van der Waals surface area contributed by atoms with Gasteiger partial charge in [-0.05, 0) is 42.3 Å². The van der Waals surface area contributed by atoms with Crippen molar-refractivity contribution in [2.45, 2.75) is 6.42 Å². The summed E-state index contributed by atoms with van der Waals surface area (Å²) in [6.45, 7) is 1.37. The van der Waals surface area contributed by atoms with E-state index < -0.39 is 0 Å². The Balaban J connectivity index is 1.58. The third-order valence-corrected chi connectivity index (χ3v) is 4.91. The summed E-state index contributed by atoms with van der Waals surface area (Å²) in [7, 11) is 0. The number of pyridine rings is 1. The van der Waals surface area contributed by atoms with Crippen LogP contribution in [0, 0.1) is 0 Å². The fourth-order valence-electron chi connectivity index (χ4n) is 3.13. The maximum atomic E-state index is 12.5. The lowest BCUT2D eigenvalue weighted by Gasteiger charge is -2.26. The van der Waals surface area contributed by atoms with Gasteiger partial charge in [0.15, 0.2) is 0 Å². The average molecular weight is 382 g/mol. The molecule has 3 heterocycles. The number of benzene rings is 1. The van der Waals surface area contributed by atoms with Gasteiger partial charge in [0, 0.05) is 58.2 Å². The number of aromatic nitrogens is 2. The Labute approximate surface area is 148 Å². The fraction of sp³-hybridized carbons (Fsp3) is 0.158. The Kier molecular flexibility index (Phi) is 3.94. The van der Waals surface area contributed by atoms with Gasteiger partial charge in [-0.25, -0.2) is 0 Å². The highest BCUT2D eigenvalue weighted by Crippen LogP contribution is 2.31. The lowest BCUT2D eigenvalue weighted by Crippen LogP contribution is -2.34. The normalized spacial score (nSPS) is 14.7. The van der Waals surface area contributed by atoms with E-state index in [1.165, 1.54) is 16.5 Å². The van der Waals surface area contributed by atoms with Crippen molar-refractivity contribution in [1.29, 1.82) is 0 Å². The third kappa shape index (κ3) is 2.76. The molecule has 120 valence electrons. The summed E-state index contributed by atoms with van der Waals surface area (Å²) in [4.78, 5) is 21.7. The SMILES string of the molecule is O=C(c1ccncc1)N1CC=C(c2c[nH]c3ccc(Br)cc23)CC1. The fourth-order valence-corrected chi connectivity index (χ4v) is 3.49. The van der Waals surface area contributed by atoms with E-state index >= 15 is 0 Å². The summed E-state index contributed by atoms with van der Waals surface area (Å²) in [5.41, 5.74) is 4.34. The number of amides is 1. The van der Waals surface area contributed by atoms with Crippen LogP contribution in [0.15, 0.2) is 59.5 Å². The van der Waals surface area contributed by atoms with Crippen LogP contribution in [0.1, 0.15) is 22.3 Å². The van der Waals surface area contributed by atoms with Gasteiger partial charge in [-0.2, -0.15) is 0 Å². The van der Waals surface area contributed by atoms with Gasteiger partial charge in [-0.15, -0.1) is 0 Å². The molecule has 0 unspecified atom stereocenters. The zero-order valence-electron chi connectivity index (χ0n) is 13.0. The van der Waals surface area contributed by atoms with Gasteiger partial charge in [0.2, 0.25) is 0 Å². The predicted octanol–water partition coefficient (Wildman–Crippen LogP) is 4.25. The molecule has 0 fully saturated rings. The van der Waals surface area contributed by atoms with E-state index in [0.29, 0.717) is 12.1 Å². The van der Waals surface area contributed by atoms with Crippen LogP contribution in [0.2, 0.25) is 0 Å². The number of carbonyl (C=O) groups excluding carboxylic acids is 1. The zero-order chi connectivity index (χ0) is 16.5. The first-order chi connectivity index (χ1) is 11.7. The molecule has 0 atom stereocenters. The monoisotopic (exact) mass is 381 g/mol. The average Bonchev–Trinajstić information content (AvgIpc) is 3.05. The first kappa shape index (κ1) is 15.1. The highest BCUT2D eigenvalue weighted by atomic mass is 79.9. The minimum atomic E-state index is 0.0642. The Morgan fingerprint density at radius 2 is 2.04 bits per heavy atom. The number of carbonyl (C=O) groups is 1. The van der Waals surface area contributed by atoms with Crippen LogP contribution in [-0.4, -0.2) is 33.9 Å². The van der Waals surface area contributed by atoms with E-state index in [0.717, 1.165) is 23.0 Å². The van der Waals surface area contributed by atoms with Gasteiger partial charge in [0.25, 0.3) is 5.91 Å². The number of fused-ring (bicyclic) bond motifs is 1. The number of nitrogens with zero attached hydrogens (tertiary/aromatic N) is 2. The van der Waals surface area contributed by atoms with Crippen molar-refractivity contribution in [3.8, 4) is 0 Å². The molecule has 1 N–H and O–H groups in total. The summed E-state index contributed by atoms with van der Waals surface area (Å²) in [5.74, 6) is 0.0642. The van der Waals surface area contributed by atoms with Crippen LogP contribution >= 0.6 is 15.9 Å². The van der Waals surface area contributed by atoms with Crippen LogP contribution in [0.4, 0.5) is 0 Å². The standard InChI is InChI=1S/C19H16BrN3O/c20-15-1-2-18-16(11-15)17(12-22-18)13-5-9-23(10-6-13)19(24)14-3-7-21-8-4-14/h1-5,7-8,11-12,22H,6,9-10H2. The zero-order valence-corrected chi connectivity index (χ0v) is 14.6. The molecule has 2 aromatic heterocycles. The van der Waals surface area contributed by atoms with Crippen molar-refractivity contribution in [1.82, 2.24) is 14.9 Å². The minimum absolute atomic E-state index is 0.0642. The van der Waals surface area contributed by atoms with Crippen molar-refractivity contribution in [2.24, 2.45) is 0 Å². The number of aromatic amines is 1. The quantitative estimate of drug-likeness (QED) is 0.720. The minimum Gasteiger partial charge on any atom is -0.361 e. The van der Waals surface area contributed by atoms with E-state index in [1.54, 1.807) is 24.5 Å². The number of H-pyrrole nitrogens is 1. The van der Waals surface area contributed by atoms with E-state index in [4.69, 9.17) is 0 Å². The lowest BCUT2D eigenvalue weighted by atomic mass is 9.98. The summed E-state index contributed by atoms with van der Waals surface area (Å²) in [5, 5.41) is 1.21. The van der Waals surface area contributed by atoms with Gasteiger partial charge >= 0.3 is 0 Å². The smallest absolute Gasteiger partial charge is 0.254 e. The second kappa shape index (κ2) is 6.24. The topological polar surface area (TPSA) is 49.0 Å². The number of nitrogens with one attached hydrogen (secondary N) is 1. The van der Waals surface area contributed by atoms with Crippen molar-refractivity contribution >= 4 is 38.3 Å². The molecule has 0 radical (unpaired) electrons. The lowest BCUT2D eigenvalue weighted by molar-refractivity contribution is 0.0773. The Morgan fingerprint density at radius 3 is 2.79 bits per heavy atom. The van der Waals surface area contributed by atoms with Crippen LogP contribution in [0.25, 0.3) is 16.5 Å².